The summed E-state index contributed by atoms with van der Waals surface area (Å²) < 4.78 is 2.77. The zero-order chi connectivity index (χ0) is 13.3. The van der Waals surface area contributed by atoms with Crippen LogP contribution in [0.2, 0.25) is 0 Å². The molecule has 0 radical (unpaired) electrons. The Kier molecular flexibility index (Phi) is 3.76. The zero-order valence-electron chi connectivity index (χ0n) is 10.9. The fourth-order valence-corrected chi connectivity index (χ4v) is 2.57. The van der Waals surface area contributed by atoms with E-state index in [2.05, 4.69) is 66.1 Å². The Morgan fingerprint density at radius 2 is 1.89 bits per heavy atom. The molecule has 1 heterocycles. The summed E-state index contributed by atoms with van der Waals surface area (Å²) in [5.41, 5.74) is 9.55. The molecule has 0 spiro atoms. The number of hydrogen-bond donors (Lipinski definition) is 1. The fraction of sp³-hybridized carbons (Fsp3) is 0.357. The predicted molar refractivity (Wildman–Crippen MR) is 78.7 cm³/mol. The average Bonchev–Trinajstić information content (AvgIpc) is 2.60. The van der Waals surface area contributed by atoms with Gasteiger partial charge >= 0.3 is 0 Å². The molecule has 3 nitrogen and oxygen atoms in total. The van der Waals surface area contributed by atoms with Gasteiger partial charge < -0.3 is 5.73 Å². The van der Waals surface area contributed by atoms with E-state index >= 15 is 0 Å². The molecule has 0 aliphatic rings. The predicted octanol–water partition coefficient (Wildman–Crippen LogP) is 3.71. The van der Waals surface area contributed by atoms with Gasteiger partial charge in [-0.3, -0.25) is 0 Å². The Bertz CT molecular complexity index is 541. The van der Waals surface area contributed by atoms with Crippen LogP contribution in [0.4, 0.5) is 5.82 Å². The third kappa shape index (κ3) is 2.58. The summed E-state index contributed by atoms with van der Waals surface area (Å²) in [6.45, 7) is 7.02. The van der Waals surface area contributed by atoms with Gasteiger partial charge in [0.15, 0.2) is 0 Å². The van der Waals surface area contributed by atoms with Gasteiger partial charge in [0.2, 0.25) is 0 Å². The lowest BCUT2D eigenvalue weighted by Gasteiger charge is -2.05. The van der Waals surface area contributed by atoms with Gasteiger partial charge in [-0.25, -0.2) is 4.68 Å². The van der Waals surface area contributed by atoms with Crippen LogP contribution in [-0.4, -0.2) is 9.78 Å². The summed E-state index contributed by atoms with van der Waals surface area (Å²) in [6, 6.07) is 8.43. The third-order valence-corrected chi connectivity index (χ3v) is 3.77. The molecule has 0 fully saturated rings. The average molecular weight is 308 g/mol. The monoisotopic (exact) mass is 307 g/mol. The largest absolute Gasteiger partial charge is 0.383 e. The van der Waals surface area contributed by atoms with Gasteiger partial charge in [0.25, 0.3) is 0 Å². The van der Waals surface area contributed by atoms with Crippen molar-refractivity contribution >= 4 is 21.7 Å². The quantitative estimate of drug-likeness (QED) is 0.939. The Morgan fingerprint density at radius 1 is 1.28 bits per heavy atom. The van der Waals surface area contributed by atoms with Crippen LogP contribution in [0.1, 0.15) is 36.6 Å². The number of nitrogens with zero attached hydrogens (tertiary/aromatic N) is 2. The van der Waals surface area contributed by atoms with Gasteiger partial charge in [-0.05, 0) is 34.3 Å². The van der Waals surface area contributed by atoms with E-state index in [0.29, 0.717) is 18.3 Å². The number of halogens is 1. The van der Waals surface area contributed by atoms with Crippen molar-refractivity contribution in [1.29, 1.82) is 0 Å². The molecule has 0 bridgehead atoms. The van der Waals surface area contributed by atoms with Crippen molar-refractivity contribution in [1.82, 2.24) is 9.78 Å². The van der Waals surface area contributed by atoms with Crippen molar-refractivity contribution in [2.45, 2.75) is 33.2 Å². The molecule has 0 amide bonds. The van der Waals surface area contributed by atoms with Crippen LogP contribution < -0.4 is 5.73 Å². The second-order valence-electron chi connectivity index (χ2n) is 4.88. The van der Waals surface area contributed by atoms with E-state index in [1.54, 1.807) is 0 Å². The SMILES string of the molecule is Cc1ccc(Cn2nc(C(C)C)c(Br)c2N)cc1. The zero-order valence-corrected chi connectivity index (χ0v) is 12.5. The van der Waals surface area contributed by atoms with Crippen molar-refractivity contribution in [3.8, 4) is 0 Å². The van der Waals surface area contributed by atoms with Crippen molar-refractivity contribution in [3.63, 3.8) is 0 Å². The fourth-order valence-electron chi connectivity index (χ4n) is 1.83. The lowest BCUT2D eigenvalue weighted by Crippen LogP contribution is -2.06. The molecule has 0 aliphatic carbocycles. The molecule has 2 rings (SSSR count). The highest BCUT2D eigenvalue weighted by atomic mass is 79.9. The molecule has 0 unspecified atom stereocenters. The normalized spacial score (nSPS) is 11.2. The topological polar surface area (TPSA) is 43.8 Å². The lowest BCUT2D eigenvalue weighted by molar-refractivity contribution is 0.664. The van der Waals surface area contributed by atoms with Crippen LogP contribution in [0.15, 0.2) is 28.7 Å². The van der Waals surface area contributed by atoms with E-state index in [0.717, 1.165) is 10.2 Å². The summed E-state index contributed by atoms with van der Waals surface area (Å²) in [7, 11) is 0. The van der Waals surface area contributed by atoms with Gasteiger partial charge in [0.1, 0.15) is 5.82 Å². The van der Waals surface area contributed by atoms with Gasteiger partial charge in [-0.15, -0.1) is 0 Å². The summed E-state index contributed by atoms with van der Waals surface area (Å²) >= 11 is 3.52. The number of nitrogens with two attached hydrogens (primary N) is 1. The highest BCUT2D eigenvalue weighted by Gasteiger charge is 2.15. The van der Waals surface area contributed by atoms with Gasteiger partial charge in [-0.1, -0.05) is 43.7 Å². The van der Waals surface area contributed by atoms with Crippen LogP contribution in [-0.2, 0) is 6.54 Å². The number of aromatic nitrogens is 2. The van der Waals surface area contributed by atoms with E-state index in [1.807, 2.05) is 4.68 Å². The molecular formula is C14H18BrN3. The molecule has 96 valence electrons. The maximum absolute atomic E-state index is 6.07. The van der Waals surface area contributed by atoms with Crippen LogP contribution in [0.5, 0.6) is 0 Å². The maximum Gasteiger partial charge on any atom is 0.136 e. The van der Waals surface area contributed by atoms with Gasteiger partial charge in [0, 0.05) is 0 Å². The van der Waals surface area contributed by atoms with E-state index in [1.165, 1.54) is 11.1 Å². The second kappa shape index (κ2) is 5.14. The van der Waals surface area contributed by atoms with Crippen molar-refractivity contribution < 1.29 is 0 Å². The van der Waals surface area contributed by atoms with Crippen LogP contribution >= 0.6 is 15.9 Å². The molecule has 0 saturated heterocycles. The number of rotatable bonds is 3. The highest BCUT2D eigenvalue weighted by Crippen LogP contribution is 2.29. The Hall–Kier alpha value is -1.29. The Labute approximate surface area is 116 Å². The van der Waals surface area contributed by atoms with E-state index in [-0.39, 0.29) is 0 Å². The maximum atomic E-state index is 6.07. The van der Waals surface area contributed by atoms with E-state index < -0.39 is 0 Å². The van der Waals surface area contributed by atoms with Crippen LogP contribution in [0.25, 0.3) is 0 Å². The molecule has 1 aromatic carbocycles. The standard InChI is InChI=1S/C14H18BrN3/c1-9(2)13-12(15)14(16)18(17-13)8-11-6-4-10(3)5-7-11/h4-7,9H,8,16H2,1-3H3. The molecule has 2 aromatic rings. The third-order valence-electron chi connectivity index (χ3n) is 2.96. The molecule has 0 aliphatic heterocycles. The van der Waals surface area contributed by atoms with Crippen molar-refractivity contribution in [2.24, 2.45) is 0 Å². The van der Waals surface area contributed by atoms with E-state index in [9.17, 15) is 0 Å². The number of anilines is 1. The minimum atomic E-state index is 0.362. The molecule has 1 aromatic heterocycles. The first-order valence-corrected chi connectivity index (χ1v) is 6.85. The molecule has 4 heteroatoms. The Balaban J connectivity index is 2.29. The van der Waals surface area contributed by atoms with Gasteiger partial charge in [0.05, 0.1) is 16.7 Å². The Morgan fingerprint density at radius 3 is 2.39 bits per heavy atom. The lowest BCUT2D eigenvalue weighted by atomic mass is 10.1. The summed E-state index contributed by atoms with van der Waals surface area (Å²) in [6.07, 6.45) is 0. The van der Waals surface area contributed by atoms with Crippen LogP contribution in [0, 0.1) is 6.92 Å². The summed E-state index contributed by atoms with van der Waals surface area (Å²) in [5.74, 6) is 1.06. The highest BCUT2D eigenvalue weighted by molar-refractivity contribution is 9.10. The summed E-state index contributed by atoms with van der Waals surface area (Å²) in [5, 5.41) is 4.57. The van der Waals surface area contributed by atoms with Crippen molar-refractivity contribution in [3.05, 3.63) is 45.6 Å². The second-order valence-corrected chi connectivity index (χ2v) is 5.68. The molecule has 2 N–H and O–H groups in total. The molecule has 0 atom stereocenters. The number of benzene rings is 1. The summed E-state index contributed by atoms with van der Waals surface area (Å²) in [4.78, 5) is 0. The van der Waals surface area contributed by atoms with Gasteiger partial charge in [-0.2, -0.15) is 5.10 Å². The minimum absolute atomic E-state index is 0.362. The minimum Gasteiger partial charge on any atom is -0.383 e. The molecular weight excluding hydrogens is 290 g/mol. The molecule has 0 saturated carbocycles. The van der Waals surface area contributed by atoms with Crippen molar-refractivity contribution in [2.75, 3.05) is 5.73 Å². The smallest absolute Gasteiger partial charge is 0.136 e. The van der Waals surface area contributed by atoms with Crippen LogP contribution in [0.3, 0.4) is 0 Å². The number of aryl methyl sites for hydroxylation is 1. The van der Waals surface area contributed by atoms with E-state index in [4.69, 9.17) is 5.73 Å². The first-order valence-electron chi connectivity index (χ1n) is 6.06. The first kappa shape index (κ1) is 13.1. The molecule has 18 heavy (non-hydrogen) atoms. The number of hydrogen-bond acceptors (Lipinski definition) is 2. The number of nitrogen functional groups attached to an aromatic ring is 1. The first-order chi connectivity index (χ1) is 8.49.